The lowest BCUT2D eigenvalue weighted by atomic mass is 10.1. The van der Waals surface area contributed by atoms with Crippen LogP contribution in [0.1, 0.15) is 44.4 Å². The van der Waals surface area contributed by atoms with Gasteiger partial charge in [-0.1, -0.05) is 19.9 Å². The number of nitrogens with zero attached hydrogens (tertiary/aromatic N) is 2. The Hall–Kier alpha value is -0.410. The molecule has 0 amide bonds. The van der Waals surface area contributed by atoms with Crippen LogP contribution in [-0.4, -0.2) is 22.5 Å². The summed E-state index contributed by atoms with van der Waals surface area (Å²) in [4.78, 5) is 7.11. The maximum absolute atomic E-state index is 4.47. The fourth-order valence-corrected chi connectivity index (χ4v) is 3.56. The van der Waals surface area contributed by atoms with Crippen molar-refractivity contribution in [2.24, 2.45) is 5.92 Å². The van der Waals surface area contributed by atoms with Crippen molar-refractivity contribution in [1.82, 2.24) is 9.88 Å². The maximum atomic E-state index is 4.47. The molecule has 3 rings (SSSR count). The molecule has 2 atom stereocenters. The molecule has 0 radical (unpaired) electrons. The number of aromatic nitrogens is 1. The molecule has 2 nitrogen and oxygen atoms in total. The van der Waals surface area contributed by atoms with E-state index in [1.165, 1.54) is 31.4 Å². The molecule has 1 aliphatic carbocycles. The van der Waals surface area contributed by atoms with Gasteiger partial charge in [0.05, 0.1) is 0 Å². The molecule has 2 fully saturated rings. The SMILES string of the molecule is CC.Cc1nc(Br)ccc1CN1CC2CCC1C2. The highest BCUT2D eigenvalue weighted by Crippen LogP contribution is 2.38. The van der Waals surface area contributed by atoms with Crippen LogP contribution in [0.2, 0.25) is 0 Å². The van der Waals surface area contributed by atoms with Crippen molar-refractivity contribution in [1.29, 1.82) is 0 Å². The third-order valence-corrected chi connectivity index (χ3v) is 4.50. The zero-order valence-electron chi connectivity index (χ0n) is 11.6. The molecule has 2 heterocycles. The summed E-state index contributed by atoms with van der Waals surface area (Å²) in [6.45, 7) is 8.50. The molecule has 0 aromatic carbocycles. The first-order valence-corrected chi connectivity index (χ1v) is 7.88. The number of halogens is 1. The van der Waals surface area contributed by atoms with E-state index in [9.17, 15) is 0 Å². The van der Waals surface area contributed by atoms with Crippen molar-refractivity contribution in [3.8, 4) is 0 Å². The highest BCUT2D eigenvalue weighted by Gasteiger charge is 2.37. The number of rotatable bonds is 2. The van der Waals surface area contributed by atoms with E-state index in [0.717, 1.165) is 28.8 Å². The second-order valence-corrected chi connectivity index (χ2v) is 5.95. The van der Waals surface area contributed by atoms with E-state index in [0.29, 0.717) is 0 Å². The smallest absolute Gasteiger partial charge is 0.106 e. The monoisotopic (exact) mass is 310 g/mol. The Morgan fingerprint density at radius 3 is 2.67 bits per heavy atom. The van der Waals surface area contributed by atoms with Crippen LogP contribution in [0.25, 0.3) is 0 Å². The second kappa shape index (κ2) is 6.16. The molecule has 2 aliphatic rings. The second-order valence-electron chi connectivity index (χ2n) is 5.14. The molecule has 100 valence electrons. The van der Waals surface area contributed by atoms with E-state index in [2.05, 4.69) is 44.9 Å². The Balaban J connectivity index is 0.000000574. The molecule has 1 aliphatic heterocycles. The van der Waals surface area contributed by atoms with Crippen molar-refractivity contribution in [2.45, 2.75) is 52.6 Å². The number of hydrogen-bond acceptors (Lipinski definition) is 2. The fraction of sp³-hybridized carbons (Fsp3) is 0.667. The van der Waals surface area contributed by atoms with Crippen molar-refractivity contribution in [3.05, 3.63) is 28.0 Å². The predicted molar refractivity (Wildman–Crippen MR) is 79.6 cm³/mol. The van der Waals surface area contributed by atoms with Gasteiger partial charge in [0.1, 0.15) is 4.60 Å². The summed E-state index contributed by atoms with van der Waals surface area (Å²) >= 11 is 3.42. The Morgan fingerprint density at radius 1 is 1.33 bits per heavy atom. The molecule has 3 heteroatoms. The molecule has 1 aromatic rings. The van der Waals surface area contributed by atoms with Gasteiger partial charge in [-0.15, -0.1) is 0 Å². The minimum Gasteiger partial charge on any atom is -0.296 e. The summed E-state index contributed by atoms with van der Waals surface area (Å²) in [6.07, 6.45) is 4.30. The average molecular weight is 311 g/mol. The Labute approximate surface area is 119 Å². The molecule has 1 saturated carbocycles. The third kappa shape index (κ3) is 2.94. The van der Waals surface area contributed by atoms with E-state index in [-0.39, 0.29) is 0 Å². The molecule has 2 unspecified atom stereocenters. The molecule has 0 spiro atoms. The van der Waals surface area contributed by atoms with Crippen LogP contribution >= 0.6 is 15.9 Å². The van der Waals surface area contributed by atoms with Crippen LogP contribution < -0.4 is 0 Å². The molecule has 1 saturated heterocycles. The molecule has 1 aromatic heterocycles. The molecule has 0 N–H and O–H groups in total. The number of pyridine rings is 1. The lowest BCUT2D eigenvalue weighted by molar-refractivity contribution is 0.205. The van der Waals surface area contributed by atoms with Gasteiger partial charge in [-0.05, 0) is 59.7 Å². The van der Waals surface area contributed by atoms with E-state index in [1.54, 1.807) is 0 Å². The van der Waals surface area contributed by atoms with Crippen LogP contribution in [0.15, 0.2) is 16.7 Å². The minimum absolute atomic E-state index is 0.855. The zero-order valence-corrected chi connectivity index (χ0v) is 13.2. The minimum atomic E-state index is 0.855. The van der Waals surface area contributed by atoms with E-state index in [4.69, 9.17) is 0 Å². The van der Waals surface area contributed by atoms with E-state index >= 15 is 0 Å². The van der Waals surface area contributed by atoms with E-state index in [1.807, 2.05) is 13.8 Å². The normalized spacial score (nSPS) is 26.0. The Morgan fingerprint density at radius 2 is 2.11 bits per heavy atom. The van der Waals surface area contributed by atoms with Crippen LogP contribution in [0.5, 0.6) is 0 Å². The topological polar surface area (TPSA) is 16.1 Å². The first-order chi connectivity index (χ1) is 8.72. The number of likely N-dealkylation sites (tertiary alicyclic amines) is 1. The van der Waals surface area contributed by atoms with Crippen molar-refractivity contribution < 1.29 is 0 Å². The predicted octanol–water partition coefficient (Wildman–Crippen LogP) is 4.16. The fourth-order valence-electron chi connectivity index (χ4n) is 3.17. The highest BCUT2D eigenvalue weighted by molar-refractivity contribution is 9.10. The van der Waals surface area contributed by atoms with Crippen LogP contribution in [-0.2, 0) is 6.54 Å². The molecular weight excluding hydrogens is 288 g/mol. The summed E-state index contributed by atoms with van der Waals surface area (Å²) in [5.74, 6) is 0.980. The summed E-state index contributed by atoms with van der Waals surface area (Å²) in [7, 11) is 0. The summed E-state index contributed by atoms with van der Waals surface area (Å²) < 4.78 is 0.941. The summed E-state index contributed by atoms with van der Waals surface area (Å²) in [5.41, 5.74) is 2.55. The quantitative estimate of drug-likeness (QED) is 0.762. The van der Waals surface area contributed by atoms with Crippen molar-refractivity contribution in [2.75, 3.05) is 6.54 Å². The van der Waals surface area contributed by atoms with Crippen LogP contribution in [0.4, 0.5) is 0 Å². The van der Waals surface area contributed by atoms with Crippen LogP contribution in [0, 0.1) is 12.8 Å². The number of hydrogen-bond donors (Lipinski definition) is 0. The zero-order chi connectivity index (χ0) is 13.1. The van der Waals surface area contributed by atoms with Gasteiger partial charge >= 0.3 is 0 Å². The van der Waals surface area contributed by atoms with Crippen molar-refractivity contribution >= 4 is 15.9 Å². The third-order valence-electron chi connectivity index (χ3n) is 4.06. The number of aryl methyl sites for hydroxylation is 1. The summed E-state index contributed by atoms with van der Waals surface area (Å²) in [6, 6.07) is 5.11. The maximum Gasteiger partial charge on any atom is 0.106 e. The van der Waals surface area contributed by atoms with Crippen LogP contribution in [0.3, 0.4) is 0 Å². The lowest BCUT2D eigenvalue weighted by Crippen LogP contribution is -2.31. The Kier molecular flexibility index (Phi) is 4.79. The summed E-state index contributed by atoms with van der Waals surface area (Å²) in [5, 5.41) is 0. The average Bonchev–Trinajstić information content (AvgIpc) is 2.97. The van der Waals surface area contributed by atoms with Gasteiger partial charge in [-0.2, -0.15) is 0 Å². The standard InChI is InChI=1S/C13H17BrN2.C2H6/c1-9-11(3-5-13(14)15-9)8-16-7-10-2-4-12(16)6-10;1-2/h3,5,10,12H,2,4,6-8H2,1H3;1-2H3. The van der Waals surface area contributed by atoms with Gasteiger partial charge < -0.3 is 0 Å². The van der Waals surface area contributed by atoms with Gasteiger partial charge in [0.15, 0.2) is 0 Å². The van der Waals surface area contributed by atoms with Gasteiger partial charge in [0.2, 0.25) is 0 Å². The van der Waals surface area contributed by atoms with E-state index < -0.39 is 0 Å². The van der Waals surface area contributed by atoms with Crippen molar-refractivity contribution in [3.63, 3.8) is 0 Å². The first kappa shape index (κ1) is 14.0. The molecule has 2 bridgehead atoms. The highest BCUT2D eigenvalue weighted by atomic mass is 79.9. The Bertz CT molecular complexity index is 405. The van der Waals surface area contributed by atoms with Gasteiger partial charge in [-0.3, -0.25) is 4.90 Å². The first-order valence-electron chi connectivity index (χ1n) is 7.08. The van der Waals surface area contributed by atoms with Gasteiger partial charge in [0.25, 0.3) is 0 Å². The van der Waals surface area contributed by atoms with Gasteiger partial charge in [-0.25, -0.2) is 4.98 Å². The molecular formula is C15H23BrN2. The molecule has 18 heavy (non-hydrogen) atoms. The largest absolute Gasteiger partial charge is 0.296 e. The van der Waals surface area contributed by atoms with Gasteiger partial charge in [0, 0.05) is 24.8 Å². The number of fused-ring (bicyclic) bond motifs is 2. The number of piperidine rings is 1. The lowest BCUT2D eigenvalue weighted by Gasteiger charge is -2.27.